The number of methoxy groups -OCH3 is 1. The quantitative estimate of drug-likeness (QED) is 0.513. The molecule has 0 radical (unpaired) electrons. The first-order valence-electron chi connectivity index (χ1n) is 4.94. The molecule has 0 saturated heterocycles. The molecule has 0 N–H and O–H groups in total. The maximum absolute atomic E-state index is 11.2. The summed E-state index contributed by atoms with van der Waals surface area (Å²) in [5, 5.41) is 0. The fourth-order valence-corrected chi connectivity index (χ4v) is 1.88. The molecular weight excluding hydrogens is 180 g/mol. The van der Waals surface area contributed by atoms with Crippen molar-refractivity contribution in [2.75, 3.05) is 13.7 Å². The van der Waals surface area contributed by atoms with E-state index in [2.05, 4.69) is 13.0 Å². The van der Waals surface area contributed by atoms with Crippen LogP contribution in [0.4, 0.5) is 0 Å². The van der Waals surface area contributed by atoms with Crippen LogP contribution in [0.2, 0.25) is 0 Å². The number of hydrogen-bond acceptors (Lipinski definition) is 3. The molecule has 0 saturated carbocycles. The van der Waals surface area contributed by atoms with Crippen molar-refractivity contribution in [2.45, 2.75) is 32.3 Å². The molecule has 0 aromatic heterocycles. The van der Waals surface area contributed by atoms with Crippen molar-refractivity contribution in [3.63, 3.8) is 0 Å². The summed E-state index contributed by atoms with van der Waals surface area (Å²) in [6.45, 7) is 4.12. The molecule has 0 aromatic rings. The van der Waals surface area contributed by atoms with Gasteiger partial charge in [0.15, 0.2) is 0 Å². The Kier molecular flexibility index (Phi) is 3.69. The van der Waals surface area contributed by atoms with Gasteiger partial charge >= 0.3 is 5.97 Å². The summed E-state index contributed by atoms with van der Waals surface area (Å²) in [5.41, 5.74) is -0.437. The minimum atomic E-state index is -0.437. The monoisotopic (exact) mass is 198 g/mol. The summed E-state index contributed by atoms with van der Waals surface area (Å²) in [7, 11) is 1.49. The molecule has 0 aliphatic heterocycles. The van der Waals surface area contributed by atoms with Crippen LogP contribution >= 0.6 is 0 Å². The lowest BCUT2D eigenvalue weighted by atomic mass is 9.85. The van der Waals surface area contributed by atoms with Crippen molar-refractivity contribution in [2.24, 2.45) is 5.92 Å². The number of rotatable bonds is 3. The molecule has 0 aromatic carbocycles. The minimum Gasteiger partial charge on any atom is -0.453 e. The van der Waals surface area contributed by atoms with Crippen molar-refractivity contribution in [1.82, 2.24) is 0 Å². The number of hydrogen-bond donors (Lipinski definition) is 0. The van der Waals surface area contributed by atoms with Gasteiger partial charge in [-0.3, -0.25) is 0 Å². The molecule has 1 aliphatic rings. The second-order valence-electron chi connectivity index (χ2n) is 4.17. The maximum atomic E-state index is 11.2. The van der Waals surface area contributed by atoms with Gasteiger partial charge in [-0.05, 0) is 31.8 Å². The molecule has 3 nitrogen and oxygen atoms in total. The van der Waals surface area contributed by atoms with Crippen molar-refractivity contribution in [3.8, 4) is 0 Å². The van der Waals surface area contributed by atoms with Crippen LogP contribution in [0.1, 0.15) is 26.7 Å². The first kappa shape index (κ1) is 11.2. The molecule has 0 spiro atoms. The highest BCUT2D eigenvalue weighted by Crippen LogP contribution is 2.29. The maximum Gasteiger partial charge on any atom is 0.332 e. The van der Waals surface area contributed by atoms with Crippen LogP contribution in [0.25, 0.3) is 0 Å². The number of carbonyl (C=O) groups excluding carboxylic acids is 1. The topological polar surface area (TPSA) is 35.5 Å². The van der Waals surface area contributed by atoms with E-state index in [0.29, 0.717) is 5.92 Å². The molecule has 0 heterocycles. The van der Waals surface area contributed by atoms with Crippen LogP contribution in [-0.4, -0.2) is 25.3 Å². The van der Waals surface area contributed by atoms with E-state index in [9.17, 15) is 4.79 Å². The highest BCUT2D eigenvalue weighted by molar-refractivity contribution is 5.71. The van der Waals surface area contributed by atoms with E-state index in [-0.39, 0.29) is 12.6 Å². The van der Waals surface area contributed by atoms with E-state index in [1.165, 1.54) is 7.11 Å². The van der Waals surface area contributed by atoms with Gasteiger partial charge in [0, 0.05) is 7.11 Å². The Morgan fingerprint density at radius 3 is 2.93 bits per heavy atom. The highest BCUT2D eigenvalue weighted by Gasteiger charge is 2.30. The van der Waals surface area contributed by atoms with Gasteiger partial charge < -0.3 is 9.47 Å². The van der Waals surface area contributed by atoms with Gasteiger partial charge in [0.05, 0.1) is 0 Å². The summed E-state index contributed by atoms with van der Waals surface area (Å²) in [6, 6.07) is 0. The average molecular weight is 198 g/mol. The van der Waals surface area contributed by atoms with E-state index in [0.717, 1.165) is 12.8 Å². The second-order valence-corrected chi connectivity index (χ2v) is 4.17. The third-order valence-electron chi connectivity index (χ3n) is 2.37. The fourth-order valence-electron chi connectivity index (χ4n) is 1.88. The van der Waals surface area contributed by atoms with E-state index in [1.807, 2.05) is 13.0 Å². The fraction of sp³-hybridized carbons (Fsp3) is 0.727. The number of ether oxygens (including phenoxy) is 2. The van der Waals surface area contributed by atoms with Crippen LogP contribution in [0.3, 0.4) is 0 Å². The van der Waals surface area contributed by atoms with Gasteiger partial charge in [0.25, 0.3) is 0 Å². The summed E-state index contributed by atoms with van der Waals surface area (Å²) in [6.07, 6.45) is 6.01. The van der Waals surface area contributed by atoms with Crippen LogP contribution in [0, 0.1) is 5.92 Å². The van der Waals surface area contributed by atoms with Crippen LogP contribution in [0.15, 0.2) is 12.2 Å². The third kappa shape index (κ3) is 3.14. The lowest BCUT2D eigenvalue weighted by Gasteiger charge is -2.32. The zero-order chi connectivity index (χ0) is 10.6. The van der Waals surface area contributed by atoms with Crippen molar-refractivity contribution < 1.29 is 14.3 Å². The Labute approximate surface area is 85.1 Å². The van der Waals surface area contributed by atoms with Crippen LogP contribution < -0.4 is 0 Å². The smallest absolute Gasteiger partial charge is 0.332 e. The number of carbonyl (C=O) groups is 1. The molecule has 3 heteroatoms. The first-order valence-corrected chi connectivity index (χ1v) is 4.94. The minimum absolute atomic E-state index is 0.0256. The van der Waals surface area contributed by atoms with Gasteiger partial charge in [-0.15, -0.1) is 0 Å². The number of allylic oxidation sites excluding steroid dienone is 1. The summed E-state index contributed by atoms with van der Waals surface area (Å²) >= 11 is 0. The predicted octanol–water partition coefficient (Wildman–Crippen LogP) is 1.92. The molecule has 1 rings (SSSR count). The third-order valence-corrected chi connectivity index (χ3v) is 2.37. The van der Waals surface area contributed by atoms with Gasteiger partial charge in [-0.25, -0.2) is 4.79 Å². The molecule has 80 valence electrons. The highest BCUT2D eigenvalue weighted by atomic mass is 16.6. The van der Waals surface area contributed by atoms with Gasteiger partial charge in [-0.1, -0.05) is 13.0 Å². The molecule has 14 heavy (non-hydrogen) atoms. The summed E-state index contributed by atoms with van der Waals surface area (Å²) in [5.74, 6) is 0.272. The second kappa shape index (κ2) is 4.60. The van der Waals surface area contributed by atoms with Crippen molar-refractivity contribution in [1.29, 1.82) is 0 Å². The lowest BCUT2D eigenvalue weighted by Crippen LogP contribution is -2.34. The normalized spacial score (nSPS) is 31.5. The Hall–Kier alpha value is -0.830. The molecule has 0 fully saturated rings. The Morgan fingerprint density at radius 2 is 2.36 bits per heavy atom. The van der Waals surface area contributed by atoms with Crippen LogP contribution in [-0.2, 0) is 14.3 Å². The van der Waals surface area contributed by atoms with Crippen molar-refractivity contribution >= 4 is 5.97 Å². The first-order chi connectivity index (χ1) is 6.56. The Balaban J connectivity index is 2.53. The van der Waals surface area contributed by atoms with E-state index in [1.54, 1.807) is 0 Å². The van der Waals surface area contributed by atoms with Gasteiger partial charge in [0.2, 0.25) is 0 Å². The molecular formula is C11H18O3. The standard InChI is InChI=1S/C11H18O3/c1-9-5-4-6-11(2,7-9)14-10(12)8-13-3/h4,6,9H,5,7-8H2,1-3H3/t9-,11-/m0/s1. The van der Waals surface area contributed by atoms with Gasteiger partial charge in [0.1, 0.15) is 12.2 Å². The Bertz CT molecular complexity index is 235. The molecule has 0 unspecified atom stereocenters. The van der Waals surface area contributed by atoms with E-state index >= 15 is 0 Å². The zero-order valence-corrected chi connectivity index (χ0v) is 9.08. The largest absolute Gasteiger partial charge is 0.453 e. The molecule has 2 atom stereocenters. The van der Waals surface area contributed by atoms with Crippen molar-refractivity contribution in [3.05, 3.63) is 12.2 Å². The number of esters is 1. The lowest BCUT2D eigenvalue weighted by molar-refractivity contribution is -0.159. The Morgan fingerprint density at radius 1 is 1.64 bits per heavy atom. The molecule has 0 bridgehead atoms. The summed E-state index contributed by atoms with van der Waals surface area (Å²) in [4.78, 5) is 11.2. The summed E-state index contributed by atoms with van der Waals surface area (Å²) < 4.78 is 10.1. The molecule has 1 aliphatic carbocycles. The van der Waals surface area contributed by atoms with E-state index < -0.39 is 5.60 Å². The zero-order valence-electron chi connectivity index (χ0n) is 9.08. The van der Waals surface area contributed by atoms with Crippen LogP contribution in [0.5, 0.6) is 0 Å². The molecule has 0 amide bonds. The van der Waals surface area contributed by atoms with E-state index in [4.69, 9.17) is 9.47 Å². The SMILES string of the molecule is COCC(=O)O[C@@]1(C)C=CC[C@H](C)C1. The van der Waals surface area contributed by atoms with Gasteiger partial charge in [-0.2, -0.15) is 0 Å². The average Bonchev–Trinajstić information content (AvgIpc) is 2.02. The predicted molar refractivity (Wildman–Crippen MR) is 53.9 cm³/mol.